The molecule has 0 unspecified atom stereocenters. The van der Waals surface area contributed by atoms with E-state index in [-0.39, 0.29) is 11.1 Å². The van der Waals surface area contributed by atoms with Crippen LogP contribution in [0.5, 0.6) is 0 Å². The standard InChI is InChI=1S/C10H24N2/c1-9(2,3)12(8-7-11)10(4,5)6/h7-8,11H2,1-6H3. The smallest absolute Gasteiger partial charge is 0.0130 e. The van der Waals surface area contributed by atoms with E-state index >= 15 is 0 Å². The van der Waals surface area contributed by atoms with Gasteiger partial charge in [0.25, 0.3) is 0 Å². The first kappa shape index (κ1) is 11.9. The first-order valence-corrected chi connectivity index (χ1v) is 4.67. The number of nitrogens with two attached hydrogens (primary N) is 1. The molecule has 0 aromatic heterocycles. The van der Waals surface area contributed by atoms with Crippen molar-refractivity contribution in [3.8, 4) is 0 Å². The summed E-state index contributed by atoms with van der Waals surface area (Å²) in [6, 6.07) is 0. The van der Waals surface area contributed by atoms with E-state index < -0.39 is 0 Å². The summed E-state index contributed by atoms with van der Waals surface area (Å²) in [5.41, 5.74) is 5.99. The van der Waals surface area contributed by atoms with Crippen molar-refractivity contribution in [2.24, 2.45) is 5.73 Å². The maximum Gasteiger partial charge on any atom is 0.0130 e. The summed E-state index contributed by atoms with van der Waals surface area (Å²) in [7, 11) is 0. The van der Waals surface area contributed by atoms with Gasteiger partial charge in [0.05, 0.1) is 0 Å². The fourth-order valence-electron chi connectivity index (χ4n) is 1.81. The predicted molar refractivity (Wildman–Crippen MR) is 55.3 cm³/mol. The highest BCUT2D eigenvalue weighted by atomic mass is 15.2. The molecule has 0 atom stereocenters. The Morgan fingerprint density at radius 2 is 1.25 bits per heavy atom. The van der Waals surface area contributed by atoms with Crippen molar-refractivity contribution < 1.29 is 0 Å². The Labute approximate surface area is 77.1 Å². The molecule has 0 rings (SSSR count). The molecule has 0 saturated heterocycles. The van der Waals surface area contributed by atoms with Gasteiger partial charge in [0.15, 0.2) is 0 Å². The van der Waals surface area contributed by atoms with E-state index in [0.717, 1.165) is 13.1 Å². The third-order valence-corrected chi connectivity index (χ3v) is 1.97. The lowest BCUT2D eigenvalue weighted by Gasteiger charge is -2.45. The van der Waals surface area contributed by atoms with Crippen LogP contribution in [0.2, 0.25) is 0 Å². The van der Waals surface area contributed by atoms with Crippen LogP contribution in [-0.4, -0.2) is 29.1 Å². The fourth-order valence-corrected chi connectivity index (χ4v) is 1.81. The molecule has 2 N–H and O–H groups in total. The minimum absolute atomic E-state index is 0.206. The zero-order valence-corrected chi connectivity index (χ0v) is 9.44. The first-order valence-electron chi connectivity index (χ1n) is 4.67. The van der Waals surface area contributed by atoms with Gasteiger partial charge in [-0.1, -0.05) is 0 Å². The average molecular weight is 172 g/mol. The summed E-state index contributed by atoms with van der Waals surface area (Å²) in [6.45, 7) is 15.1. The van der Waals surface area contributed by atoms with E-state index in [0.29, 0.717) is 0 Å². The highest BCUT2D eigenvalue weighted by Gasteiger charge is 2.30. The van der Waals surface area contributed by atoms with Gasteiger partial charge in [-0.25, -0.2) is 0 Å². The van der Waals surface area contributed by atoms with Crippen LogP contribution >= 0.6 is 0 Å². The quantitative estimate of drug-likeness (QED) is 0.688. The van der Waals surface area contributed by atoms with Gasteiger partial charge in [-0.15, -0.1) is 0 Å². The summed E-state index contributed by atoms with van der Waals surface area (Å²) in [5.74, 6) is 0. The number of rotatable bonds is 2. The molecular weight excluding hydrogens is 148 g/mol. The Bertz CT molecular complexity index is 114. The van der Waals surface area contributed by atoms with E-state index in [9.17, 15) is 0 Å². The van der Waals surface area contributed by atoms with Gasteiger partial charge < -0.3 is 5.73 Å². The van der Waals surface area contributed by atoms with Crippen LogP contribution < -0.4 is 5.73 Å². The molecule has 0 spiro atoms. The van der Waals surface area contributed by atoms with Crippen molar-refractivity contribution in [1.29, 1.82) is 0 Å². The third kappa shape index (κ3) is 3.55. The van der Waals surface area contributed by atoms with Crippen molar-refractivity contribution in [2.75, 3.05) is 13.1 Å². The Kier molecular flexibility index (Phi) is 3.73. The molecule has 0 bridgehead atoms. The number of hydrogen-bond acceptors (Lipinski definition) is 2. The molecule has 0 aliphatic rings. The van der Waals surface area contributed by atoms with E-state index in [1.54, 1.807) is 0 Å². The van der Waals surface area contributed by atoms with E-state index in [2.05, 4.69) is 46.4 Å². The largest absolute Gasteiger partial charge is 0.329 e. The zero-order valence-electron chi connectivity index (χ0n) is 9.44. The van der Waals surface area contributed by atoms with Gasteiger partial charge in [0.2, 0.25) is 0 Å². The van der Waals surface area contributed by atoms with Gasteiger partial charge in [0, 0.05) is 24.2 Å². The Morgan fingerprint density at radius 3 is 1.33 bits per heavy atom. The van der Waals surface area contributed by atoms with Crippen LogP contribution in [0.3, 0.4) is 0 Å². The van der Waals surface area contributed by atoms with Crippen LogP contribution in [0.1, 0.15) is 41.5 Å². The van der Waals surface area contributed by atoms with Gasteiger partial charge in [-0.05, 0) is 41.5 Å². The molecule has 0 amide bonds. The highest BCUT2D eigenvalue weighted by Crippen LogP contribution is 2.23. The predicted octanol–water partition coefficient (Wildman–Crippen LogP) is 1.84. The zero-order chi connectivity index (χ0) is 9.99. The molecular formula is C10H24N2. The summed E-state index contributed by atoms with van der Waals surface area (Å²) in [4.78, 5) is 2.43. The fraction of sp³-hybridized carbons (Fsp3) is 1.00. The Morgan fingerprint density at radius 1 is 0.917 bits per heavy atom. The van der Waals surface area contributed by atoms with Crippen LogP contribution in [0, 0.1) is 0 Å². The molecule has 0 aliphatic carbocycles. The lowest BCUT2D eigenvalue weighted by molar-refractivity contribution is 0.0420. The van der Waals surface area contributed by atoms with Crippen molar-refractivity contribution in [1.82, 2.24) is 4.90 Å². The van der Waals surface area contributed by atoms with Crippen LogP contribution in [-0.2, 0) is 0 Å². The lowest BCUT2D eigenvalue weighted by Crippen LogP contribution is -2.54. The van der Waals surface area contributed by atoms with E-state index in [1.807, 2.05) is 0 Å². The summed E-state index contributed by atoms with van der Waals surface area (Å²) in [6.07, 6.45) is 0. The van der Waals surface area contributed by atoms with Gasteiger partial charge in [-0.3, -0.25) is 4.90 Å². The molecule has 0 aliphatic heterocycles. The van der Waals surface area contributed by atoms with Crippen molar-refractivity contribution in [3.63, 3.8) is 0 Å². The second-order valence-corrected chi connectivity index (χ2v) is 5.28. The molecule has 0 aromatic rings. The van der Waals surface area contributed by atoms with Gasteiger partial charge >= 0.3 is 0 Å². The summed E-state index contributed by atoms with van der Waals surface area (Å²) in [5, 5.41) is 0. The van der Waals surface area contributed by atoms with E-state index in [4.69, 9.17) is 5.73 Å². The maximum atomic E-state index is 5.58. The Balaban J connectivity index is 4.45. The molecule has 12 heavy (non-hydrogen) atoms. The molecule has 0 heterocycles. The SMILES string of the molecule is CC(C)(C)N(CCN)C(C)(C)C. The first-order chi connectivity index (χ1) is 5.19. The van der Waals surface area contributed by atoms with Crippen molar-refractivity contribution in [3.05, 3.63) is 0 Å². The van der Waals surface area contributed by atoms with Gasteiger partial charge in [0.1, 0.15) is 0 Å². The van der Waals surface area contributed by atoms with Crippen LogP contribution in [0.4, 0.5) is 0 Å². The lowest BCUT2D eigenvalue weighted by atomic mass is 9.96. The highest BCUT2D eigenvalue weighted by molar-refractivity contribution is 4.86. The molecule has 0 fully saturated rings. The monoisotopic (exact) mass is 172 g/mol. The molecule has 0 aromatic carbocycles. The average Bonchev–Trinajstić information content (AvgIpc) is 1.77. The van der Waals surface area contributed by atoms with Gasteiger partial charge in [-0.2, -0.15) is 0 Å². The second-order valence-electron chi connectivity index (χ2n) is 5.28. The summed E-state index contributed by atoms with van der Waals surface area (Å²) >= 11 is 0. The van der Waals surface area contributed by atoms with Crippen molar-refractivity contribution in [2.45, 2.75) is 52.6 Å². The maximum absolute atomic E-state index is 5.58. The number of nitrogens with zero attached hydrogens (tertiary/aromatic N) is 1. The molecule has 0 radical (unpaired) electrons. The molecule has 74 valence electrons. The minimum Gasteiger partial charge on any atom is -0.329 e. The third-order valence-electron chi connectivity index (χ3n) is 1.97. The molecule has 0 saturated carbocycles. The molecule has 2 heteroatoms. The van der Waals surface area contributed by atoms with Crippen LogP contribution in [0.25, 0.3) is 0 Å². The number of hydrogen-bond donors (Lipinski definition) is 1. The second kappa shape index (κ2) is 3.75. The van der Waals surface area contributed by atoms with Crippen molar-refractivity contribution >= 4 is 0 Å². The van der Waals surface area contributed by atoms with Crippen LogP contribution in [0.15, 0.2) is 0 Å². The summed E-state index contributed by atoms with van der Waals surface area (Å²) < 4.78 is 0. The minimum atomic E-state index is 0.206. The Hall–Kier alpha value is -0.0800. The molecule has 2 nitrogen and oxygen atoms in total. The topological polar surface area (TPSA) is 29.3 Å². The van der Waals surface area contributed by atoms with E-state index in [1.165, 1.54) is 0 Å². The normalized spacial score (nSPS) is 14.0.